The molecule has 2 aromatic rings. The fraction of sp³-hybridized carbons (Fsp3) is 0.294. The van der Waals surface area contributed by atoms with E-state index in [1.165, 1.54) is 4.31 Å². The van der Waals surface area contributed by atoms with Crippen LogP contribution in [0.25, 0.3) is 0 Å². The van der Waals surface area contributed by atoms with Crippen molar-refractivity contribution in [2.45, 2.75) is 30.7 Å². The van der Waals surface area contributed by atoms with Crippen molar-refractivity contribution in [2.75, 3.05) is 6.54 Å². The molecule has 1 unspecified atom stereocenters. The van der Waals surface area contributed by atoms with Crippen molar-refractivity contribution < 1.29 is 17.2 Å². The Morgan fingerprint density at radius 3 is 2.39 bits per heavy atom. The molecule has 1 aliphatic heterocycles. The Morgan fingerprint density at radius 1 is 1.04 bits per heavy atom. The molecule has 1 fully saturated rings. The summed E-state index contributed by atoms with van der Waals surface area (Å²) < 4.78 is 53.4. The third-order valence-electron chi connectivity index (χ3n) is 4.16. The Balaban J connectivity index is 1.97. The number of hydrogen-bond acceptors (Lipinski definition) is 2. The van der Waals surface area contributed by atoms with E-state index in [4.69, 9.17) is 0 Å². The Hall–Kier alpha value is -1.79. The molecule has 0 radical (unpaired) electrons. The monoisotopic (exact) mass is 337 g/mol. The summed E-state index contributed by atoms with van der Waals surface area (Å²) in [6, 6.07) is 10.1. The van der Waals surface area contributed by atoms with Crippen LogP contribution in [-0.2, 0) is 10.0 Å². The molecule has 0 spiro atoms. The minimum atomic E-state index is -3.86. The van der Waals surface area contributed by atoms with Crippen LogP contribution in [0.2, 0.25) is 0 Å². The Kier molecular flexibility index (Phi) is 4.21. The average Bonchev–Trinajstić information content (AvgIpc) is 3.01. The van der Waals surface area contributed by atoms with Gasteiger partial charge in [0, 0.05) is 6.54 Å². The zero-order valence-electron chi connectivity index (χ0n) is 12.7. The van der Waals surface area contributed by atoms with Gasteiger partial charge in [-0.1, -0.05) is 29.8 Å². The van der Waals surface area contributed by atoms with Gasteiger partial charge in [-0.15, -0.1) is 0 Å². The van der Waals surface area contributed by atoms with E-state index in [1.807, 2.05) is 31.2 Å². The summed E-state index contributed by atoms with van der Waals surface area (Å²) in [4.78, 5) is -0.213. The summed E-state index contributed by atoms with van der Waals surface area (Å²) in [6.07, 6.45) is 1.45. The number of rotatable bonds is 3. The smallest absolute Gasteiger partial charge is 0.207 e. The predicted octanol–water partition coefficient (Wildman–Crippen LogP) is 3.80. The second kappa shape index (κ2) is 6.02. The van der Waals surface area contributed by atoms with Crippen LogP contribution in [-0.4, -0.2) is 19.3 Å². The average molecular weight is 337 g/mol. The van der Waals surface area contributed by atoms with Gasteiger partial charge >= 0.3 is 0 Å². The zero-order chi connectivity index (χ0) is 16.6. The molecule has 6 heteroatoms. The highest BCUT2D eigenvalue weighted by Gasteiger charge is 2.36. The van der Waals surface area contributed by atoms with E-state index in [9.17, 15) is 17.2 Å². The lowest BCUT2D eigenvalue weighted by atomic mass is 10.0. The molecule has 0 amide bonds. The van der Waals surface area contributed by atoms with Crippen LogP contribution in [0.1, 0.15) is 30.0 Å². The molecule has 0 bridgehead atoms. The van der Waals surface area contributed by atoms with E-state index in [0.29, 0.717) is 13.0 Å². The van der Waals surface area contributed by atoms with Gasteiger partial charge in [0.15, 0.2) is 11.6 Å². The molecule has 122 valence electrons. The van der Waals surface area contributed by atoms with Crippen molar-refractivity contribution >= 4 is 10.0 Å². The van der Waals surface area contributed by atoms with Gasteiger partial charge in [0.25, 0.3) is 0 Å². The number of aryl methyl sites for hydroxylation is 1. The third-order valence-corrected chi connectivity index (χ3v) is 6.07. The van der Waals surface area contributed by atoms with Crippen molar-refractivity contribution in [2.24, 2.45) is 0 Å². The largest absolute Gasteiger partial charge is 0.243 e. The first-order valence-corrected chi connectivity index (χ1v) is 8.87. The molecule has 23 heavy (non-hydrogen) atoms. The number of hydrogen-bond donors (Lipinski definition) is 0. The lowest BCUT2D eigenvalue weighted by Crippen LogP contribution is -2.30. The van der Waals surface area contributed by atoms with E-state index < -0.39 is 21.7 Å². The van der Waals surface area contributed by atoms with Crippen LogP contribution in [0.4, 0.5) is 8.78 Å². The molecule has 1 aliphatic rings. The standard InChI is InChI=1S/C17H17F2NO2S/c1-12-4-6-13(7-5-12)17-3-2-10-20(17)23(21,22)14-8-9-15(18)16(19)11-14/h4-9,11,17H,2-3,10H2,1H3. The quantitative estimate of drug-likeness (QED) is 0.854. The lowest BCUT2D eigenvalue weighted by molar-refractivity contribution is 0.396. The van der Waals surface area contributed by atoms with Crippen LogP contribution < -0.4 is 0 Å². The molecule has 1 saturated heterocycles. The SMILES string of the molecule is Cc1ccc(C2CCCN2S(=O)(=O)c2ccc(F)c(F)c2)cc1. The maximum absolute atomic E-state index is 13.4. The molecule has 3 rings (SSSR count). The Morgan fingerprint density at radius 2 is 1.74 bits per heavy atom. The molecule has 0 N–H and O–H groups in total. The topological polar surface area (TPSA) is 37.4 Å². The summed E-state index contributed by atoms with van der Waals surface area (Å²) >= 11 is 0. The minimum absolute atomic E-state index is 0.213. The van der Waals surface area contributed by atoms with Gasteiger partial charge in [-0.05, 0) is 43.5 Å². The Bertz CT molecular complexity index is 819. The third kappa shape index (κ3) is 3.01. The maximum atomic E-state index is 13.4. The second-order valence-electron chi connectivity index (χ2n) is 5.76. The van der Waals surface area contributed by atoms with Gasteiger partial charge in [-0.2, -0.15) is 4.31 Å². The predicted molar refractivity (Wildman–Crippen MR) is 83.4 cm³/mol. The van der Waals surface area contributed by atoms with Crippen molar-refractivity contribution in [3.05, 3.63) is 65.2 Å². The summed E-state index contributed by atoms with van der Waals surface area (Å²) in [5.41, 5.74) is 2.01. The number of sulfonamides is 1. The first kappa shape index (κ1) is 16.1. The van der Waals surface area contributed by atoms with Crippen LogP contribution in [0.3, 0.4) is 0 Å². The van der Waals surface area contributed by atoms with Gasteiger partial charge in [0.05, 0.1) is 10.9 Å². The first-order chi connectivity index (χ1) is 10.9. The van der Waals surface area contributed by atoms with Crippen molar-refractivity contribution in [3.63, 3.8) is 0 Å². The maximum Gasteiger partial charge on any atom is 0.243 e. The normalized spacial score (nSPS) is 19.2. The molecule has 0 aliphatic carbocycles. The van der Waals surface area contributed by atoms with E-state index >= 15 is 0 Å². The fourth-order valence-corrected chi connectivity index (χ4v) is 4.62. The zero-order valence-corrected chi connectivity index (χ0v) is 13.5. The molecule has 1 atom stereocenters. The molecule has 0 saturated carbocycles. The van der Waals surface area contributed by atoms with Crippen LogP contribution in [0, 0.1) is 18.6 Å². The molecule has 1 heterocycles. The Labute approximate surface area is 134 Å². The molecular formula is C17H17F2NO2S. The van der Waals surface area contributed by atoms with Crippen molar-refractivity contribution in [3.8, 4) is 0 Å². The molecular weight excluding hydrogens is 320 g/mol. The lowest BCUT2D eigenvalue weighted by Gasteiger charge is -2.24. The second-order valence-corrected chi connectivity index (χ2v) is 7.65. The number of nitrogens with zero attached hydrogens (tertiary/aromatic N) is 1. The molecule has 2 aromatic carbocycles. The van der Waals surface area contributed by atoms with E-state index in [2.05, 4.69) is 0 Å². The highest BCUT2D eigenvalue weighted by Crippen LogP contribution is 2.36. The highest BCUT2D eigenvalue weighted by molar-refractivity contribution is 7.89. The van der Waals surface area contributed by atoms with Crippen LogP contribution >= 0.6 is 0 Å². The van der Waals surface area contributed by atoms with Gasteiger partial charge in [0.2, 0.25) is 10.0 Å². The molecule has 3 nitrogen and oxygen atoms in total. The fourth-order valence-electron chi connectivity index (χ4n) is 2.92. The van der Waals surface area contributed by atoms with Gasteiger partial charge in [0.1, 0.15) is 0 Å². The van der Waals surface area contributed by atoms with Crippen LogP contribution in [0.5, 0.6) is 0 Å². The van der Waals surface area contributed by atoms with Gasteiger partial charge in [-0.25, -0.2) is 17.2 Å². The first-order valence-electron chi connectivity index (χ1n) is 7.43. The highest BCUT2D eigenvalue weighted by atomic mass is 32.2. The van der Waals surface area contributed by atoms with E-state index in [-0.39, 0.29) is 10.9 Å². The summed E-state index contributed by atoms with van der Waals surface area (Å²) in [7, 11) is -3.86. The van der Waals surface area contributed by atoms with Crippen molar-refractivity contribution in [1.82, 2.24) is 4.31 Å². The minimum Gasteiger partial charge on any atom is -0.207 e. The van der Waals surface area contributed by atoms with Crippen molar-refractivity contribution in [1.29, 1.82) is 0 Å². The molecule has 0 aromatic heterocycles. The van der Waals surface area contributed by atoms with Gasteiger partial charge in [-0.3, -0.25) is 0 Å². The summed E-state index contributed by atoms with van der Waals surface area (Å²) in [6.45, 7) is 2.34. The van der Waals surface area contributed by atoms with Gasteiger partial charge < -0.3 is 0 Å². The summed E-state index contributed by atoms with van der Waals surface area (Å²) in [5.74, 6) is -2.21. The number of benzene rings is 2. The van der Waals surface area contributed by atoms with Crippen LogP contribution in [0.15, 0.2) is 47.4 Å². The van der Waals surface area contributed by atoms with E-state index in [1.54, 1.807) is 0 Å². The number of halogens is 2. The summed E-state index contributed by atoms with van der Waals surface area (Å²) in [5, 5.41) is 0. The van der Waals surface area contributed by atoms with E-state index in [0.717, 1.165) is 35.7 Å².